The van der Waals surface area contributed by atoms with Crippen LogP contribution in [0.15, 0.2) is 29.3 Å². The van der Waals surface area contributed by atoms with Gasteiger partial charge in [-0.05, 0) is 38.0 Å². The minimum absolute atomic E-state index is 0.0250. The molecule has 0 saturated carbocycles. The van der Waals surface area contributed by atoms with Crippen molar-refractivity contribution in [1.29, 1.82) is 0 Å². The second kappa shape index (κ2) is 8.58. The number of likely N-dealkylation sites (tertiary alicyclic amines) is 1. The lowest BCUT2D eigenvalue weighted by Crippen LogP contribution is -2.40. The molecule has 4 rings (SSSR count). The molecule has 3 heterocycles. The number of carbonyl (C=O) groups excluding carboxylic acids is 2. The Balaban J connectivity index is 1.36. The second-order valence-corrected chi connectivity index (χ2v) is 11.1. The summed E-state index contributed by atoms with van der Waals surface area (Å²) in [5.74, 6) is -0.108. The van der Waals surface area contributed by atoms with Crippen LogP contribution < -0.4 is 5.32 Å². The first-order chi connectivity index (χ1) is 14.3. The van der Waals surface area contributed by atoms with E-state index in [-0.39, 0.29) is 40.6 Å². The molecule has 0 unspecified atom stereocenters. The summed E-state index contributed by atoms with van der Waals surface area (Å²) in [4.78, 5) is 31.0. The van der Waals surface area contributed by atoms with Crippen molar-refractivity contribution in [2.45, 2.75) is 31.1 Å². The zero-order valence-electron chi connectivity index (χ0n) is 16.7. The molecule has 1 amide bonds. The fourth-order valence-corrected chi connectivity index (χ4v) is 7.71. The number of nitrogens with zero attached hydrogens (tertiary/aromatic N) is 2. The number of piperidine rings is 1. The molecule has 30 heavy (non-hydrogen) atoms. The standard InChI is InChI=1S/C20H25N3O5S2/c1-2-28-19(25)13-6-8-23(9-7-13)18(24)14-4-3-5-15(10-14)21-20-22-16-11-30(26,27)12-17(16)29-20/h3-5,10,13,16-17H,2,6-9,11-12H2,1H3,(H,21,22)/t16-,17+/m1/s1. The summed E-state index contributed by atoms with van der Waals surface area (Å²) < 4.78 is 28.5. The number of amidine groups is 1. The van der Waals surface area contributed by atoms with Crippen molar-refractivity contribution >= 4 is 44.3 Å². The molecule has 0 aliphatic carbocycles. The third-order valence-corrected chi connectivity index (χ3v) is 8.72. The average molecular weight is 452 g/mol. The third kappa shape index (κ3) is 4.64. The molecule has 1 aromatic rings. The fourth-order valence-electron chi connectivity index (χ4n) is 4.03. The molecule has 2 atom stereocenters. The highest BCUT2D eigenvalue weighted by molar-refractivity contribution is 8.15. The molecular weight excluding hydrogens is 426 g/mol. The lowest BCUT2D eigenvalue weighted by atomic mass is 9.96. The first kappa shape index (κ1) is 21.2. The van der Waals surface area contributed by atoms with Gasteiger partial charge in [-0.15, -0.1) is 0 Å². The number of thioether (sulfide) groups is 1. The third-order valence-electron chi connectivity index (χ3n) is 5.58. The van der Waals surface area contributed by atoms with Crippen LogP contribution in [0.3, 0.4) is 0 Å². The number of hydrogen-bond acceptors (Lipinski definition) is 8. The quantitative estimate of drug-likeness (QED) is 0.696. The van der Waals surface area contributed by atoms with E-state index in [0.29, 0.717) is 43.3 Å². The Kier molecular flexibility index (Phi) is 6.06. The Hall–Kier alpha value is -2.07. The van der Waals surface area contributed by atoms with E-state index in [1.54, 1.807) is 24.0 Å². The smallest absolute Gasteiger partial charge is 0.309 e. The molecule has 162 valence electrons. The van der Waals surface area contributed by atoms with Gasteiger partial charge in [0, 0.05) is 29.6 Å². The van der Waals surface area contributed by atoms with E-state index in [1.165, 1.54) is 11.8 Å². The maximum absolute atomic E-state index is 12.9. The molecule has 0 spiro atoms. The number of esters is 1. The van der Waals surface area contributed by atoms with Gasteiger partial charge in [0.2, 0.25) is 0 Å². The largest absolute Gasteiger partial charge is 0.466 e. The molecule has 2 fully saturated rings. The topological polar surface area (TPSA) is 105 Å². The van der Waals surface area contributed by atoms with Crippen LogP contribution >= 0.6 is 11.8 Å². The highest BCUT2D eigenvalue weighted by Crippen LogP contribution is 2.34. The summed E-state index contributed by atoms with van der Waals surface area (Å²) in [5, 5.41) is 3.89. The molecule has 1 aromatic carbocycles. The highest BCUT2D eigenvalue weighted by Gasteiger charge is 2.42. The van der Waals surface area contributed by atoms with Gasteiger partial charge in [0.05, 0.1) is 30.1 Å². The molecule has 3 aliphatic heterocycles. The maximum Gasteiger partial charge on any atom is 0.309 e. The molecule has 2 saturated heterocycles. The Morgan fingerprint density at radius 2 is 2.03 bits per heavy atom. The normalized spacial score (nSPS) is 25.5. The molecule has 3 aliphatic rings. The lowest BCUT2D eigenvalue weighted by Gasteiger charge is -2.31. The van der Waals surface area contributed by atoms with Gasteiger partial charge in [-0.25, -0.2) is 8.42 Å². The lowest BCUT2D eigenvalue weighted by molar-refractivity contribution is -0.149. The first-order valence-corrected chi connectivity index (χ1v) is 12.8. The number of anilines is 1. The Labute approximate surface area is 180 Å². The van der Waals surface area contributed by atoms with Crippen molar-refractivity contribution in [3.05, 3.63) is 29.8 Å². The van der Waals surface area contributed by atoms with Crippen molar-refractivity contribution in [3.63, 3.8) is 0 Å². The van der Waals surface area contributed by atoms with Gasteiger partial charge in [0.1, 0.15) is 0 Å². The van der Waals surface area contributed by atoms with Crippen LogP contribution in [0.2, 0.25) is 0 Å². The summed E-state index contributed by atoms with van der Waals surface area (Å²) in [6.45, 7) is 3.22. The number of aliphatic imine (C=N–C) groups is 1. The maximum atomic E-state index is 12.9. The Morgan fingerprint density at radius 1 is 1.27 bits per heavy atom. The number of rotatable bonds is 4. The number of fused-ring (bicyclic) bond motifs is 1. The fraction of sp³-hybridized carbons (Fsp3) is 0.550. The van der Waals surface area contributed by atoms with Crippen LogP contribution in [0.4, 0.5) is 5.69 Å². The molecule has 8 nitrogen and oxygen atoms in total. The van der Waals surface area contributed by atoms with Crippen molar-refractivity contribution in [3.8, 4) is 0 Å². The Morgan fingerprint density at radius 3 is 2.73 bits per heavy atom. The minimum atomic E-state index is -2.98. The van der Waals surface area contributed by atoms with Gasteiger partial charge >= 0.3 is 5.97 Å². The molecule has 0 bridgehead atoms. The van der Waals surface area contributed by atoms with Gasteiger partial charge < -0.3 is 15.0 Å². The van der Waals surface area contributed by atoms with Crippen molar-refractivity contribution in [2.75, 3.05) is 36.5 Å². The number of nitrogens with one attached hydrogen (secondary N) is 1. The zero-order chi connectivity index (χ0) is 21.3. The number of benzene rings is 1. The second-order valence-electron chi connectivity index (χ2n) is 7.76. The first-order valence-electron chi connectivity index (χ1n) is 10.1. The van der Waals surface area contributed by atoms with Crippen molar-refractivity contribution < 1.29 is 22.7 Å². The van der Waals surface area contributed by atoms with E-state index in [1.807, 2.05) is 12.1 Å². The van der Waals surface area contributed by atoms with E-state index in [4.69, 9.17) is 4.74 Å². The van der Waals surface area contributed by atoms with E-state index < -0.39 is 9.84 Å². The minimum Gasteiger partial charge on any atom is -0.466 e. The number of amides is 1. The number of sulfone groups is 1. The van der Waals surface area contributed by atoms with Gasteiger partial charge in [0.25, 0.3) is 5.91 Å². The number of hydrogen-bond donors (Lipinski definition) is 1. The van der Waals surface area contributed by atoms with E-state index in [0.717, 1.165) is 5.69 Å². The van der Waals surface area contributed by atoms with Crippen LogP contribution in [0, 0.1) is 5.92 Å². The van der Waals surface area contributed by atoms with E-state index >= 15 is 0 Å². The van der Waals surface area contributed by atoms with Crippen LogP contribution in [0.25, 0.3) is 0 Å². The van der Waals surface area contributed by atoms with Crippen molar-refractivity contribution in [1.82, 2.24) is 4.90 Å². The summed E-state index contributed by atoms with van der Waals surface area (Å²) in [6.07, 6.45) is 1.23. The summed E-state index contributed by atoms with van der Waals surface area (Å²) in [6, 6.07) is 7.04. The number of carbonyl (C=O) groups is 2. The summed E-state index contributed by atoms with van der Waals surface area (Å²) in [5.41, 5.74) is 1.32. The highest BCUT2D eigenvalue weighted by atomic mass is 32.2. The molecule has 1 N–H and O–H groups in total. The van der Waals surface area contributed by atoms with Crippen LogP contribution in [0.5, 0.6) is 0 Å². The van der Waals surface area contributed by atoms with Gasteiger partial charge in [-0.2, -0.15) is 0 Å². The van der Waals surface area contributed by atoms with Crippen LogP contribution in [0.1, 0.15) is 30.1 Å². The number of ether oxygens (including phenoxy) is 1. The Bertz CT molecular complexity index is 970. The van der Waals surface area contributed by atoms with Crippen LogP contribution in [-0.2, 0) is 19.4 Å². The predicted molar refractivity (Wildman–Crippen MR) is 117 cm³/mol. The van der Waals surface area contributed by atoms with Crippen LogP contribution in [-0.4, -0.2) is 72.9 Å². The molecule has 0 aromatic heterocycles. The SMILES string of the molecule is CCOC(=O)C1CCN(C(=O)c2cccc(NC3=N[C@@H]4CS(=O)(=O)C[C@@H]4S3)c2)CC1. The molecular formula is C20H25N3O5S2. The zero-order valence-corrected chi connectivity index (χ0v) is 18.4. The summed E-state index contributed by atoms with van der Waals surface area (Å²) in [7, 11) is -2.98. The molecule has 10 heteroatoms. The van der Waals surface area contributed by atoms with Gasteiger partial charge in [0.15, 0.2) is 15.0 Å². The summed E-state index contributed by atoms with van der Waals surface area (Å²) >= 11 is 1.45. The van der Waals surface area contributed by atoms with Gasteiger partial charge in [-0.3, -0.25) is 14.6 Å². The van der Waals surface area contributed by atoms with Crippen molar-refractivity contribution in [2.24, 2.45) is 10.9 Å². The van der Waals surface area contributed by atoms with E-state index in [2.05, 4.69) is 10.3 Å². The predicted octanol–water partition coefficient (Wildman–Crippen LogP) is 1.78. The molecule has 0 radical (unpaired) electrons. The monoisotopic (exact) mass is 451 g/mol. The van der Waals surface area contributed by atoms with E-state index in [9.17, 15) is 18.0 Å². The average Bonchev–Trinajstić information content (AvgIpc) is 3.20. The van der Waals surface area contributed by atoms with Gasteiger partial charge in [-0.1, -0.05) is 17.8 Å².